The molecule has 1 aromatic heterocycles. The van der Waals surface area contributed by atoms with Gasteiger partial charge >= 0.3 is 12.1 Å². The van der Waals surface area contributed by atoms with E-state index in [2.05, 4.69) is 15.6 Å². The number of carbonyl (C=O) groups is 3. The molecular formula is C33H43N5O5S. The Balaban J connectivity index is 1.46. The predicted octanol–water partition coefficient (Wildman–Crippen LogP) is 4.38. The summed E-state index contributed by atoms with van der Waals surface area (Å²) in [6.07, 6.45) is 2.91. The number of amides is 4. The molecule has 0 radical (unpaired) electrons. The molecule has 4 unspecified atom stereocenters. The van der Waals surface area contributed by atoms with E-state index < -0.39 is 18.2 Å². The first kappa shape index (κ1) is 32.9. The van der Waals surface area contributed by atoms with Crippen LogP contribution >= 0.6 is 11.3 Å². The molecule has 3 N–H and O–H groups in total. The molecule has 4 rings (SSSR count). The Morgan fingerprint density at radius 3 is 2.14 bits per heavy atom. The SMILES string of the molecule is CC(C)N(C)C(=O)N1CC(O)CC1C(=O)NC(CCC(Cc1ccccc1)NC(=O)OCc1cncs1)Cc1ccccc1. The van der Waals surface area contributed by atoms with Gasteiger partial charge in [0.2, 0.25) is 5.91 Å². The fourth-order valence-corrected chi connectivity index (χ4v) is 5.81. The van der Waals surface area contributed by atoms with Gasteiger partial charge in [-0.05, 0) is 50.7 Å². The molecule has 1 saturated heterocycles. The van der Waals surface area contributed by atoms with Crippen LogP contribution in [0.4, 0.5) is 9.59 Å². The third-order valence-electron chi connectivity index (χ3n) is 7.91. The Labute approximate surface area is 263 Å². The minimum atomic E-state index is -0.767. The van der Waals surface area contributed by atoms with Crippen LogP contribution in [0.2, 0.25) is 0 Å². The third kappa shape index (κ3) is 9.78. The molecule has 4 amide bonds. The van der Waals surface area contributed by atoms with Crippen molar-refractivity contribution in [3.63, 3.8) is 0 Å². The van der Waals surface area contributed by atoms with Crippen molar-refractivity contribution in [3.05, 3.63) is 88.4 Å². The number of hydrogen-bond acceptors (Lipinski definition) is 7. The molecule has 2 heterocycles. The third-order valence-corrected chi connectivity index (χ3v) is 8.67. The minimum Gasteiger partial charge on any atom is -0.444 e. The maximum absolute atomic E-state index is 13.7. The van der Waals surface area contributed by atoms with Crippen LogP contribution in [0.15, 0.2) is 72.4 Å². The van der Waals surface area contributed by atoms with E-state index in [1.807, 2.05) is 74.5 Å². The van der Waals surface area contributed by atoms with Gasteiger partial charge in [0.1, 0.15) is 12.6 Å². The molecule has 236 valence electrons. The number of aliphatic hydroxyl groups excluding tert-OH is 1. The Kier molecular flexibility index (Phi) is 12.1. The van der Waals surface area contributed by atoms with Crippen LogP contribution in [0.25, 0.3) is 0 Å². The summed E-state index contributed by atoms with van der Waals surface area (Å²) < 4.78 is 5.45. The maximum atomic E-state index is 13.7. The van der Waals surface area contributed by atoms with Gasteiger partial charge < -0.3 is 30.3 Å². The molecule has 0 aliphatic carbocycles. The molecule has 3 aromatic rings. The van der Waals surface area contributed by atoms with Gasteiger partial charge in [-0.25, -0.2) is 9.59 Å². The number of nitrogens with one attached hydrogen (secondary N) is 2. The standard InChI is InChI=1S/C33H43N5O5S/c1-23(2)37(3)33(42)38-20-28(39)18-30(38)31(40)35-26(16-24-10-6-4-7-11-24)14-15-27(17-25-12-8-5-9-13-25)36-32(41)43-21-29-19-34-22-44-29/h4-13,19,22-23,26-28,30,39H,14-18,20-21H2,1-3H3,(H,35,40)(H,36,41). The highest BCUT2D eigenvalue weighted by Crippen LogP contribution is 2.22. The summed E-state index contributed by atoms with van der Waals surface area (Å²) in [6.45, 7) is 4.08. The zero-order valence-electron chi connectivity index (χ0n) is 25.6. The van der Waals surface area contributed by atoms with E-state index in [4.69, 9.17) is 4.74 Å². The Bertz CT molecular complexity index is 1320. The Morgan fingerprint density at radius 2 is 1.59 bits per heavy atom. The highest BCUT2D eigenvalue weighted by molar-refractivity contribution is 7.09. The average molecular weight is 622 g/mol. The zero-order valence-corrected chi connectivity index (χ0v) is 26.4. The number of nitrogens with zero attached hydrogens (tertiary/aromatic N) is 3. The van der Waals surface area contributed by atoms with Crippen molar-refractivity contribution in [1.29, 1.82) is 0 Å². The van der Waals surface area contributed by atoms with Crippen molar-refractivity contribution in [1.82, 2.24) is 25.4 Å². The fraction of sp³-hybridized carbons (Fsp3) is 0.455. The second-order valence-electron chi connectivity index (χ2n) is 11.6. The summed E-state index contributed by atoms with van der Waals surface area (Å²) in [5.74, 6) is -0.287. The summed E-state index contributed by atoms with van der Waals surface area (Å²) >= 11 is 1.42. The first-order valence-corrected chi connectivity index (χ1v) is 16.0. The van der Waals surface area contributed by atoms with Gasteiger partial charge in [-0.2, -0.15) is 0 Å². The number of rotatable bonds is 13. The normalized spacial score (nSPS) is 17.6. The molecule has 1 aliphatic heterocycles. The van der Waals surface area contributed by atoms with E-state index in [1.54, 1.807) is 23.7 Å². The zero-order chi connectivity index (χ0) is 31.5. The van der Waals surface area contributed by atoms with Gasteiger partial charge in [0.25, 0.3) is 0 Å². The minimum absolute atomic E-state index is 0.0440. The first-order valence-electron chi connectivity index (χ1n) is 15.1. The number of aliphatic hydroxyl groups is 1. The summed E-state index contributed by atoms with van der Waals surface area (Å²) in [6, 6.07) is 18.2. The summed E-state index contributed by atoms with van der Waals surface area (Å²) in [4.78, 5) is 47.5. The summed E-state index contributed by atoms with van der Waals surface area (Å²) in [5.41, 5.74) is 3.83. The lowest BCUT2D eigenvalue weighted by atomic mass is 9.95. The van der Waals surface area contributed by atoms with Gasteiger partial charge in [0.05, 0.1) is 16.5 Å². The van der Waals surface area contributed by atoms with Crippen LogP contribution in [0, 0.1) is 0 Å². The van der Waals surface area contributed by atoms with Crippen molar-refractivity contribution < 1.29 is 24.2 Å². The fourth-order valence-electron chi connectivity index (χ4n) is 5.30. The van der Waals surface area contributed by atoms with Crippen molar-refractivity contribution in [2.75, 3.05) is 13.6 Å². The van der Waals surface area contributed by atoms with Crippen LogP contribution < -0.4 is 10.6 Å². The van der Waals surface area contributed by atoms with E-state index in [9.17, 15) is 19.5 Å². The number of aromatic nitrogens is 1. The van der Waals surface area contributed by atoms with Crippen LogP contribution in [-0.4, -0.2) is 81.8 Å². The molecule has 10 nitrogen and oxygen atoms in total. The Morgan fingerprint density at radius 1 is 1.00 bits per heavy atom. The van der Waals surface area contributed by atoms with Crippen LogP contribution in [0.1, 0.15) is 49.1 Å². The molecule has 2 aromatic carbocycles. The largest absolute Gasteiger partial charge is 0.444 e. The van der Waals surface area contributed by atoms with Crippen LogP contribution in [-0.2, 0) is 29.0 Å². The van der Waals surface area contributed by atoms with Gasteiger partial charge in [0, 0.05) is 44.3 Å². The van der Waals surface area contributed by atoms with Gasteiger partial charge in [-0.1, -0.05) is 60.7 Å². The quantitative estimate of drug-likeness (QED) is 0.260. The van der Waals surface area contributed by atoms with E-state index >= 15 is 0 Å². The lowest BCUT2D eigenvalue weighted by Crippen LogP contribution is -2.53. The highest BCUT2D eigenvalue weighted by Gasteiger charge is 2.41. The second-order valence-corrected chi connectivity index (χ2v) is 12.6. The van der Waals surface area contributed by atoms with Gasteiger partial charge in [0.15, 0.2) is 0 Å². The molecule has 0 saturated carbocycles. The Hall–Kier alpha value is -3.96. The molecule has 1 fully saturated rings. The van der Waals surface area contributed by atoms with E-state index in [-0.39, 0.29) is 49.6 Å². The average Bonchev–Trinajstić information content (AvgIpc) is 3.69. The molecule has 11 heteroatoms. The van der Waals surface area contributed by atoms with E-state index in [0.717, 1.165) is 16.0 Å². The van der Waals surface area contributed by atoms with Crippen molar-refractivity contribution in [3.8, 4) is 0 Å². The van der Waals surface area contributed by atoms with Crippen LogP contribution in [0.3, 0.4) is 0 Å². The number of benzene rings is 2. The number of thiazole rings is 1. The summed E-state index contributed by atoms with van der Waals surface area (Å²) in [5, 5.41) is 16.6. The molecule has 4 atom stereocenters. The molecular weight excluding hydrogens is 578 g/mol. The summed E-state index contributed by atoms with van der Waals surface area (Å²) in [7, 11) is 1.70. The number of ether oxygens (including phenoxy) is 1. The number of β-amino-alcohol motifs (C(OH)–C–C–N with tert-alkyl or cyclic N) is 1. The van der Waals surface area contributed by atoms with Crippen LogP contribution in [0.5, 0.6) is 0 Å². The first-order chi connectivity index (χ1) is 21.2. The van der Waals surface area contributed by atoms with Crippen molar-refractivity contribution in [2.45, 2.75) is 82.8 Å². The number of likely N-dealkylation sites (tertiary alicyclic amines) is 1. The monoisotopic (exact) mass is 621 g/mol. The highest BCUT2D eigenvalue weighted by atomic mass is 32.1. The smallest absolute Gasteiger partial charge is 0.407 e. The lowest BCUT2D eigenvalue weighted by molar-refractivity contribution is -0.125. The number of alkyl carbamates (subject to hydrolysis) is 1. The topological polar surface area (TPSA) is 124 Å². The number of carbonyl (C=O) groups excluding carboxylic acids is 3. The molecule has 0 spiro atoms. The number of hydrogen-bond donors (Lipinski definition) is 3. The van der Waals surface area contributed by atoms with E-state index in [1.165, 1.54) is 16.2 Å². The van der Waals surface area contributed by atoms with Crippen molar-refractivity contribution in [2.24, 2.45) is 0 Å². The van der Waals surface area contributed by atoms with E-state index in [0.29, 0.717) is 25.7 Å². The van der Waals surface area contributed by atoms with Gasteiger partial charge in [-0.3, -0.25) is 9.78 Å². The molecule has 44 heavy (non-hydrogen) atoms. The lowest BCUT2D eigenvalue weighted by Gasteiger charge is -2.32. The predicted molar refractivity (Wildman–Crippen MR) is 170 cm³/mol. The van der Waals surface area contributed by atoms with Crippen molar-refractivity contribution >= 4 is 29.4 Å². The maximum Gasteiger partial charge on any atom is 0.407 e. The molecule has 0 bridgehead atoms. The number of urea groups is 1. The van der Waals surface area contributed by atoms with Gasteiger partial charge in [-0.15, -0.1) is 11.3 Å². The molecule has 1 aliphatic rings. The second kappa shape index (κ2) is 16.2.